The van der Waals surface area contributed by atoms with Crippen LogP contribution >= 0.6 is 11.6 Å². The summed E-state index contributed by atoms with van der Waals surface area (Å²) in [5, 5.41) is 2.93. The van der Waals surface area contributed by atoms with Crippen LogP contribution in [0.25, 0.3) is 0 Å². The summed E-state index contributed by atoms with van der Waals surface area (Å²) in [6, 6.07) is 4.00. The van der Waals surface area contributed by atoms with Crippen molar-refractivity contribution >= 4 is 17.5 Å². The highest BCUT2D eigenvalue weighted by Crippen LogP contribution is 2.15. The molecule has 1 aromatic carbocycles. The number of ether oxygens (including phenoxy) is 1. The molecule has 3 nitrogen and oxygen atoms in total. The molecule has 1 aliphatic rings. The Morgan fingerprint density at radius 3 is 3.06 bits per heavy atom. The third-order valence-corrected chi connectivity index (χ3v) is 2.93. The molecule has 2 rings (SSSR count). The van der Waals surface area contributed by atoms with Gasteiger partial charge in [-0.05, 0) is 31.0 Å². The molecular formula is C12H13ClFNO2. The summed E-state index contributed by atoms with van der Waals surface area (Å²) in [5.41, 5.74) is 0.00685. The average Bonchev–Trinajstić information content (AvgIpc) is 2.78. The van der Waals surface area contributed by atoms with Gasteiger partial charge in [-0.15, -0.1) is 0 Å². The fourth-order valence-electron chi connectivity index (χ4n) is 1.78. The summed E-state index contributed by atoms with van der Waals surface area (Å²) < 4.78 is 18.8. The molecule has 1 heterocycles. The van der Waals surface area contributed by atoms with Crippen LogP contribution in [0.4, 0.5) is 4.39 Å². The van der Waals surface area contributed by atoms with Gasteiger partial charge in [0.2, 0.25) is 0 Å². The zero-order valence-corrected chi connectivity index (χ0v) is 9.97. The van der Waals surface area contributed by atoms with Crippen LogP contribution in [-0.4, -0.2) is 25.2 Å². The fourth-order valence-corrected chi connectivity index (χ4v) is 1.94. The molecule has 0 bridgehead atoms. The summed E-state index contributed by atoms with van der Waals surface area (Å²) in [6.45, 7) is 1.15. The summed E-state index contributed by atoms with van der Waals surface area (Å²) >= 11 is 5.61. The molecule has 1 fully saturated rings. The second-order valence-electron chi connectivity index (χ2n) is 3.97. The number of carbonyl (C=O) groups is 1. The molecule has 0 aliphatic carbocycles. The molecular weight excluding hydrogens is 245 g/mol. The van der Waals surface area contributed by atoms with Crippen molar-refractivity contribution in [1.82, 2.24) is 5.32 Å². The predicted molar refractivity (Wildman–Crippen MR) is 62.7 cm³/mol. The van der Waals surface area contributed by atoms with E-state index in [0.717, 1.165) is 25.5 Å². The highest BCUT2D eigenvalue weighted by Gasteiger charge is 2.18. The normalized spacial score (nSPS) is 19.3. The van der Waals surface area contributed by atoms with Crippen LogP contribution in [0.1, 0.15) is 23.2 Å². The highest BCUT2D eigenvalue weighted by molar-refractivity contribution is 6.30. The maximum absolute atomic E-state index is 13.4. The molecule has 1 atom stereocenters. The van der Waals surface area contributed by atoms with Gasteiger partial charge in [0.15, 0.2) is 0 Å². The first-order valence-corrected chi connectivity index (χ1v) is 5.89. The lowest BCUT2D eigenvalue weighted by atomic mass is 10.2. The van der Waals surface area contributed by atoms with E-state index in [-0.39, 0.29) is 16.7 Å². The maximum atomic E-state index is 13.4. The zero-order valence-electron chi connectivity index (χ0n) is 9.21. The average molecular weight is 258 g/mol. The Labute approximate surface area is 104 Å². The van der Waals surface area contributed by atoms with Crippen LogP contribution in [0.15, 0.2) is 18.2 Å². The highest BCUT2D eigenvalue weighted by atomic mass is 35.5. The number of nitrogens with one attached hydrogen (secondary N) is 1. The number of hydrogen-bond donors (Lipinski definition) is 1. The van der Waals surface area contributed by atoms with E-state index in [2.05, 4.69) is 5.32 Å². The Balaban J connectivity index is 1.94. The summed E-state index contributed by atoms with van der Waals surface area (Å²) in [7, 11) is 0. The number of carbonyl (C=O) groups excluding carboxylic acids is 1. The van der Waals surface area contributed by atoms with Crippen molar-refractivity contribution in [2.24, 2.45) is 0 Å². The van der Waals surface area contributed by atoms with Gasteiger partial charge >= 0.3 is 0 Å². The predicted octanol–water partition coefficient (Wildman–Crippen LogP) is 2.39. The standard InChI is InChI=1S/C12H13ClFNO2/c13-8-3-4-10(11(14)6-8)12(16)15-7-9-2-1-5-17-9/h3-4,6,9H,1-2,5,7H2,(H,15,16)/t9-/m0/s1. The molecule has 0 unspecified atom stereocenters. The quantitative estimate of drug-likeness (QED) is 0.903. The fraction of sp³-hybridized carbons (Fsp3) is 0.417. The van der Waals surface area contributed by atoms with Gasteiger partial charge in [0.1, 0.15) is 5.82 Å². The Morgan fingerprint density at radius 2 is 2.41 bits per heavy atom. The van der Waals surface area contributed by atoms with Gasteiger partial charge in [0.05, 0.1) is 11.7 Å². The van der Waals surface area contributed by atoms with E-state index in [0.29, 0.717) is 6.54 Å². The minimum atomic E-state index is -0.609. The molecule has 5 heteroatoms. The minimum absolute atomic E-state index is 0.00685. The van der Waals surface area contributed by atoms with E-state index >= 15 is 0 Å². The molecule has 1 N–H and O–H groups in total. The van der Waals surface area contributed by atoms with Crippen LogP contribution in [0, 0.1) is 5.82 Å². The van der Waals surface area contributed by atoms with Gasteiger partial charge in [-0.2, -0.15) is 0 Å². The monoisotopic (exact) mass is 257 g/mol. The van der Waals surface area contributed by atoms with E-state index in [1.165, 1.54) is 12.1 Å². The third-order valence-electron chi connectivity index (χ3n) is 2.69. The van der Waals surface area contributed by atoms with Crippen molar-refractivity contribution in [3.63, 3.8) is 0 Å². The molecule has 92 valence electrons. The number of halogens is 2. The van der Waals surface area contributed by atoms with Crippen molar-refractivity contribution in [2.75, 3.05) is 13.2 Å². The van der Waals surface area contributed by atoms with Gasteiger partial charge in [0, 0.05) is 18.2 Å². The zero-order chi connectivity index (χ0) is 12.3. The van der Waals surface area contributed by atoms with Crippen LogP contribution in [0.2, 0.25) is 5.02 Å². The van der Waals surface area contributed by atoms with Crippen molar-refractivity contribution in [3.8, 4) is 0 Å². The largest absolute Gasteiger partial charge is 0.376 e. The first-order valence-electron chi connectivity index (χ1n) is 5.51. The molecule has 0 saturated carbocycles. The summed E-state index contributed by atoms with van der Waals surface area (Å²) in [4.78, 5) is 11.7. The summed E-state index contributed by atoms with van der Waals surface area (Å²) in [5.74, 6) is -1.04. The Bertz CT molecular complexity index is 419. The second-order valence-corrected chi connectivity index (χ2v) is 4.41. The Hall–Kier alpha value is -1.13. The molecule has 17 heavy (non-hydrogen) atoms. The van der Waals surface area contributed by atoms with Gasteiger partial charge in [0.25, 0.3) is 5.91 Å². The number of amides is 1. The maximum Gasteiger partial charge on any atom is 0.254 e. The number of rotatable bonds is 3. The first kappa shape index (κ1) is 12.3. The number of hydrogen-bond acceptors (Lipinski definition) is 2. The van der Waals surface area contributed by atoms with E-state index in [1.54, 1.807) is 0 Å². The lowest BCUT2D eigenvalue weighted by Crippen LogP contribution is -2.32. The lowest BCUT2D eigenvalue weighted by molar-refractivity contribution is 0.0854. The van der Waals surface area contributed by atoms with Crippen molar-refractivity contribution in [2.45, 2.75) is 18.9 Å². The smallest absolute Gasteiger partial charge is 0.254 e. The third kappa shape index (κ3) is 3.17. The number of benzene rings is 1. The minimum Gasteiger partial charge on any atom is -0.376 e. The molecule has 1 saturated heterocycles. The van der Waals surface area contributed by atoms with E-state index in [9.17, 15) is 9.18 Å². The van der Waals surface area contributed by atoms with E-state index in [1.807, 2.05) is 0 Å². The van der Waals surface area contributed by atoms with Crippen LogP contribution < -0.4 is 5.32 Å². The Morgan fingerprint density at radius 1 is 1.59 bits per heavy atom. The summed E-state index contributed by atoms with van der Waals surface area (Å²) in [6.07, 6.45) is 1.99. The molecule has 0 radical (unpaired) electrons. The van der Waals surface area contributed by atoms with Gasteiger partial charge in [-0.3, -0.25) is 4.79 Å². The van der Waals surface area contributed by atoms with E-state index in [4.69, 9.17) is 16.3 Å². The SMILES string of the molecule is O=C(NC[C@@H]1CCCO1)c1ccc(Cl)cc1F. The second kappa shape index (κ2) is 5.47. The molecule has 1 aromatic rings. The molecule has 1 amide bonds. The van der Waals surface area contributed by atoms with Gasteiger partial charge < -0.3 is 10.1 Å². The molecule has 0 aromatic heterocycles. The van der Waals surface area contributed by atoms with Gasteiger partial charge in [-0.1, -0.05) is 11.6 Å². The van der Waals surface area contributed by atoms with Gasteiger partial charge in [-0.25, -0.2) is 4.39 Å². The Kier molecular flexibility index (Phi) is 3.97. The van der Waals surface area contributed by atoms with Crippen molar-refractivity contribution in [3.05, 3.63) is 34.6 Å². The van der Waals surface area contributed by atoms with Crippen LogP contribution in [-0.2, 0) is 4.74 Å². The van der Waals surface area contributed by atoms with Crippen molar-refractivity contribution in [1.29, 1.82) is 0 Å². The molecule has 0 spiro atoms. The van der Waals surface area contributed by atoms with Crippen LogP contribution in [0.5, 0.6) is 0 Å². The first-order chi connectivity index (χ1) is 8.16. The molecule has 1 aliphatic heterocycles. The van der Waals surface area contributed by atoms with Crippen LogP contribution in [0.3, 0.4) is 0 Å². The topological polar surface area (TPSA) is 38.3 Å². The van der Waals surface area contributed by atoms with Crippen molar-refractivity contribution < 1.29 is 13.9 Å². The lowest BCUT2D eigenvalue weighted by Gasteiger charge is -2.11. The van der Waals surface area contributed by atoms with E-state index < -0.39 is 11.7 Å².